The van der Waals surface area contributed by atoms with Gasteiger partial charge in [0, 0.05) is 18.3 Å². The number of aromatic nitrogens is 3. The number of carbonyl (C=O) groups excluding carboxylic acids is 2. The Labute approximate surface area is 187 Å². The SMILES string of the molecule is Cc1c(C(=O)N=S(C)C)cn2ncnc(Nc3ccc(F)cc3OCC(=O)NC(C)C)c12. The van der Waals surface area contributed by atoms with Gasteiger partial charge >= 0.3 is 0 Å². The molecular formula is C21H25FN6O3S. The molecule has 9 nitrogen and oxygen atoms in total. The van der Waals surface area contributed by atoms with Crippen molar-refractivity contribution in [3.63, 3.8) is 0 Å². The minimum absolute atomic E-state index is 0.0391. The van der Waals surface area contributed by atoms with Crippen LogP contribution in [0, 0.1) is 12.7 Å². The second-order valence-corrected chi connectivity index (χ2v) is 9.25. The molecule has 2 amide bonds. The highest BCUT2D eigenvalue weighted by molar-refractivity contribution is 7.86. The van der Waals surface area contributed by atoms with Crippen LogP contribution in [0.25, 0.3) is 5.52 Å². The summed E-state index contributed by atoms with van der Waals surface area (Å²) in [6.45, 7) is 5.19. The Hall–Kier alpha value is -3.34. The summed E-state index contributed by atoms with van der Waals surface area (Å²) in [5.41, 5.74) is 2.07. The summed E-state index contributed by atoms with van der Waals surface area (Å²) in [7, 11) is -0.399. The van der Waals surface area contributed by atoms with Crippen LogP contribution < -0.4 is 15.4 Å². The quantitative estimate of drug-likeness (QED) is 0.561. The molecule has 170 valence electrons. The van der Waals surface area contributed by atoms with Crippen LogP contribution in [0.4, 0.5) is 15.9 Å². The lowest BCUT2D eigenvalue weighted by Gasteiger charge is -2.14. The molecule has 0 atom stereocenters. The summed E-state index contributed by atoms with van der Waals surface area (Å²) < 4.78 is 25.0. The van der Waals surface area contributed by atoms with Gasteiger partial charge in [-0.25, -0.2) is 13.9 Å². The van der Waals surface area contributed by atoms with E-state index in [1.807, 2.05) is 26.4 Å². The van der Waals surface area contributed by atoms with Crippen LogP contribution in [0.3, 0.4) is 0 Å². The van der Waals surface area contributed by atoms with Crippen LogP contribution in [0.1, 0.15) is 29.8 Å². The standard InChI is InChI=1S/C21H25FN6O3S/c1-12(2)25-18(29)10-31-17-8-14(22)6-7-16(17)26-20-19-13(3)15(21(30)27-32(4)5)9-28(19)24-11-23-20/h6-9,11-12H,10H2,1-5H3,(H,25,29)(H,23,24,26). The van der Waals surface area contributed by atoms with Crippen molar-refractivity contribution >= 4 is 39.5 Å². The second kappa shape index (κ2) is 9.86. The Balaban J connectivity index is 1.94. The van der Waals surface area contributed by atoms with Crippen LogP contribution >= 0.6 is 0 Å². The molecule has 0 radical (unpaired) electrons. The number of aryl methyl sites for hydroxylation is 1. The highest BCUT2D eigenvalue weighted by atomic mass is 32.2. The smallest absolute Gasteiger partial charge is 0.284 e. The van der Waals surface area contributed by atoms with E-state index in [-0.39, 0.29) is 30.2 Å². The van der Waals surface area contributed by atoms with Crippen LogP contribution in [0.5, 0.6) is 5.75 Å². The van der Waals surface area contributed by atoms with Crippen molar-refractivity contribution in [1.82, 2.24) is 19.9 Å². The van der Waals surface area contributed by atoms with Gasteiger partial charge in [0.15, 0.2) is 12.4 Å². The van der Waals surface area contributed by atoms with Gasteiger partial charge in [0.1, 0.15) is 23.4 Å². The number of ether oxygens (including phenoxy) is 1. The Morgan fingerprint density at radius 2 is 2.06 bits per heavy atom. The lowest BCUT2D eigenvalue weighted by atomic mass is 10.2. The van der Waals surface area contributed by atoms with Gasteiger partial charge in [-0.15, -0.1) is 0 Å². The van der Waals surface area contributed by atoms with Crippen LogP contribution in [-0.4, -0.2) is 51.6 Å². The number of halogens is 1. The van der Waals surface area contributed by atoms with E-state index in [1.165, 1.54) is 29.0 Å². The maximum Gasteiger partial charge on any atom is 0.284 e. The van der Waals surface area contributed by atoms with E-state index in [4.69, 9.17) is 4.74 Å². The zero-order valence-electron chi connectivity index (χ0n) is 18.5. The summed E-state index contributed by atoms with van der Waals surface area (Å²) in [6, 6.07) is 3.90. The molecule has 2 heterocycles. The molecule has 0 fully saturated rings. The first-order valence-electron chi connectivity index (χ1n) is 9.81. The zero-order valence-corrected chi connectivity index (χ0v) is 19.3. The molecule has 0 aliphatic heterocycles. The molecule has 3 rings (SSSR count). The molecule has 0 saturated heterocycles. The van der Waals surface area contributed by atoms with Gasteiger partial charge in [-0.05, 0) is 51.0 Å². The number of hydrogen-bond donors (Lipinski definition) is 2. The number of carbonyl (C=O) groups is 2. The molecule has 0 saturated carbocycles. The van der Waals surface area contributed by atoms with Crippen molar-refractivity contribution in [3.05, 3.63) is 47.7 Å². The zero-order chi connectivity index (χ0) is 23.4. The molecule has 2 aromatic heterocycles. The molecule has 0 bridgehead atoms. The predicted molar refractivity (Wildman–Crippen MR) is 122 cm³/mol. The molecule has 0 unspecified atom stereocenters. The van der Waals surface area contributed by atoms with E-state index >= 15 is 0 Å². The maximum absolute atomic E-state index is 13.8. The number of amides is 2. The van der Waals surface area contributed by atoms with Gasteiger partial charge in [0.25, 0.3) is 11.8 Å². The summed E-state index contributed by atoms with van der Waals surface area (Å²) in [4.78, 5) is 28.7. The fourth-order valence-corrected chi connectivity index (χ4v) is 3.47. The molecule has 0 aliphatic rings. The normalized spacial score (nSPS) is 11.1. The first-order chi connectivity index (χ1) is 15.2. The van der Waals surface area contributed by atoms with E-state index in [9.17, 15) is 14.0 Å². The third kappa shape index (κ3) is 5.47. The fourth-order valence-electron chi connectivity index (χ4n) is 3.04. The van der Waals surface area contributed by atoms with Gasteiger partial charge in [-0.3, -0.25) is 9.59 Å². The van der Waals surface area contributed by atoms with Gasteiger partial charge in [0.2, 0.25) is 0 Å². The Bertz CT molecular complexity index is 1200. The predicted octanol–water partition coefficient (Wildman–Crippen LogP) is 3.03. The third-order valence-corrected chi connectivity index (χ3v) is 4.86. The van der Waals surface area contributed by atoms with Crippen LogP contribution in [0.15, 0.2) is 35.1 Å². The number of hydrogen-bond acceptors (Lipinski definition) is 6. The first kappa shape index (κ1) is 23.3. The van der Waals surface area contributed by atoms with Crippen molar-refractivity contribution in [2.75, 3.05) is 24.4 Å². The maximum atomic E-state index is 13.8. The summed E-state index contributed by atoms with van der Waals surface area (Å²) >= 11 is 0. The van der Waals surface area contributed by atoms with E-state index in [0.717, 1.165) is 0 Å². The van der Waals surface area contributed by atoms with E-state index in [0.29, 0.717) is 28.1 Å². The average molecular weight is 461 g/mol. The van der Waals surface area contributed by atoms with Crippen LogP contribution in [-0.2, 0) is 15.5 Å². The lowest BCUT2D eigenvalue weighted by Crippen LogP contribution is -2.34. The van der Waals surface area contributed by atoms with Gasteiger partial charge < -0.3 is 15.4 Å². The highest BCUT2D eigenvalue weighted by Gasteiger charge is 2.19. The third-order valence-electron chi connectivity index (χ3n) is 4.33. The summed E-state index contributed by atoms with van der Waals surface area (Å²) in [5.74, 6) is -0.608. The largest absolute Gasteiger partial charge is 0.481 e. The Kier molecular flexibility index (Phi) is 7.18. The van der Waals surface area contributed by atoms with Crippen LogP contribution in [0.2, 0.25) is 0 Å². The van der Waals surface area contributed by atoms with Crippen molar-refractivity contribution in [1.29, 1.82) is 0 Å². The van der Waals surface area contributed by atoms with E-state index in [2.05, 4.69) is 25.1 Å². The molecule has 32 heavy (non-hydrogen) atoms. The Morgan fingerprint density at radius 3 is 2.75 bits per heavy atom. The molecule has 3 aromatic rings. The second-order valence-electron chi connectivity index (χ2n) is 7.52. The van der Waals surface area contributed by atoms with Gasteiger partial charge in [0.05, 0.1) is 11.3 Å². The van der Waals surface area contributed by atoms with Crippen molar-refractivity contribution < 1.29 is 18.7 Å². The molecule has 0 aliphatic carbocycles. The number of rotatable bonds is 7. The van der Waals surface area contributed by atoms with E-state index in [1.54, 1.807) is 13.1 Å². The first-order valence-corrected chi connectivity index (χ1v) is 11.8. The number of anilines is 2. The van der Waals surface area contributed by atoms with Crippen molar-refractivity contribution in [2.45, 2.75) is 26.8 Å². The number of benzene rings is 1. The van der Waals surface area contributed by atoms with Crippen molar-refractivity contribution in [2.24, 2.45) is 4.36 Å². The molecular weight excluding hydrogens is 435 g/mol. The minimum atomic E-state index is -0.509. The Morgan fingerprint density at radius 1 is 1.31 bits per heavy atom. The van der Waals surface area contributed by atoms with Gasteiger partial charge in [-0.2, -0.15) is 9.46 Å². The number of nitrogens with one attached hydrogen (secondary N) is 2. The summed E-state index contributed by atoms with van der Waals surface area (Å²) in [6.07, 6.45) is 6.65. The number of nitrogens with zero attached hydrogens (tertiary/aromatic N) is 4. The van der Waals surface area contributed by atoms with Gasteiger partial charge in [-0.1, -0.05) is 10.7 Å². The topological polar surface area (TPSA) is 110 Å². The lowest BCUT2D eigenvalue weighted by molar-refractivity contribution is -0.123. The summed E-state index contributed by atoms with van der Waals surface area (Å²) in [5, 5.41) is 10.00. The molecule has 2 N–H and O–H groups in total. The molecule has 11 heteroatoms. The molecule has 0 spiro atoms. The molecule has 1 aromatic carbocycles. The minimum Gasteiger partial charge on any atom is -0.481 e. The monoisotopic (exact) mass is 460 g/mol. The highest BCUT2D eigenvalue weighted by Crippen LogP contribution is 2.31. The number of fused-ring (bicyclic) bond motifs is 1. The van der Waals surface area contributed by atoms with Crippen molar-refractivity contribution in [3.8, 4) is 5.75 Å². The van der Waals surface area contributed by atoms with E-state index < -0.39 is 16.5 Å². The average Bonchev–Trinajstić information content (AvgIpc) is 3.05. The fraction of sp³-hybridized carbons (Fsp3) is 0.333.